The van der Waals surface area contributed by atoms with Gasteiger partial charge in [0.25, 0.3) is 0 Å². The highest BCUT2D eigenvalue weighted by atomic mass is 16.6. The van der Waals surface area contributed by atoms with Gasteiger partial charge in [0.1, 0.15) is 11.9 Å². The number of hydrogen-bond donors (Lipinski definition) is 1. The fraction of sp³-hybridized carbons (Fsp3) is 0.529. The molecule has 8 heteroatoms. The van der Waals surface area contributed by atoms with Crippen LogP contribution in [-0.2, 0) is 9.53 Å². The molecule has 0 atom stereocenters. The van der Waals surface area contributed by atoms with E-state index in [4.69, 9.17) is 4.74 Å². The maximum atomic E-state index is 12.8. The van der Waals surface area contributed by atoms with Crippen molar-refractivity contribution in [1.82, 2.24) is 24.5 Å². The molecule has 5 rings (SSSR count). The van der Waals surface area contributed by atoms with E-state index in [0.29, 0.717) is 24.2 Å². The number of carbonyl (C=O) groups is 2. The summed E-state index contributed by atoms with van der Waals surface area (Å²) in [6, 6.07) is 6.91. The first-order chi connectivity index (χ1) is 19.8. The quantitative estimate of drug-likeness (QED) is 0.245. The number of aryl methyl sites for hydroxylation is 1. The molecule has 1 saturated carbocycles. The van der Waals surface area contributed by atoms with E-state index < -0.39 is 11.7 Å². The van der Waals surface area contributed by atoms with Gasteiger partial charge in [-0.25, -0.2) is 14.3 Å². The maximum absolute atomic E-state index is 12.8. The number of ether oxygens (including phenoxy) is 1. The van der Waals surface area contributed by atoms with Crippen LogP contribution >= 0.6 is 0 Å². The molecule has 224 valence electrons. The zero-order chi connectivity index (χ0) is 30.3. The maximum Gasteiger partial charge on any atom is 0.410 e. The van der Waals surface area contributed by atoms with Crippen molar-refractivity contribution in [3.63, 3.8) is 0 Å². The molecule has 4 aromatic rings. The highest BCUT2D eigenvalue weighted by Crippen LogP contribution is 2.42. The number of amides is 1. The Balaban J connectivity index is 1.30. The van der Waals surface area contributed by atoms with Crippen molar-refractivity contribution in [3.8, 4) is 11.3 Å². The fourth-order valence-corrected chi connectivity index (χ4v) is 6.51. The standard InChI is InChI=1S/C34H45N5O3/c1-20(2)30-27-16-25(13-14-29(27)37-31(30)28-18-39-32(35-19-36-39)22(4)21(28)3)24-11-9-23(10-12-24)15-26(40)17-38(8)33(41)42-34(5,6)7/h13-14,16,18-20,23-24,37H,9-12,15,17H2,1-8H3. The van der Waals surface area contributed by atoms with Crippen LogP contribution in [0.3, 0.4) is 0 Å². The lowest BCUT2D eigenvalue weighted by Gasteiger charge is -2.29. The molecule has 0 aliphatic heterocycles. The predicted octanol–water partition coefficient (Wildman–Crippen LogP) is 7.72. The Morgan fingerprint density at radius 2 is 1.83 bits per heavy atom. The van der Waals surface area contributed by atoms with Gasteiger partial charge in [-0.3, -0.25) is 4.79 Å². The van der Waals surface area contributed by atoms with Crippen LogP contribution in [0.5, 0.6) is 0 Å². The fourth-order valence-electron chi connectivity index (χ4n) is 6.51. The highest BCUT2D eigenvalue weighted by molar-refractivity contribution is 5.93. The molecule has 8 nitrogen and oxygen atoms in total. The second kappa shape index (κ2) is 11.5. The zero-order valence-electron chi connectivity index (χ0n) is 26.4. The third-order valence-corrected chi connectivity index (χ3v) is 8.79. The van der Waals surface area contributed by atoms with Gasteiger partial charge < -0.3 is 14.6 Å². The van der Waals surface area contributed by atoms with Crippen molar-refractivity contribution >= 4 is 28.4 Å². The molecule has 3 heterocycles. The summed E-state index contributed by atoms with van der Waals surface area (Å²) in [7, 11) is 1.63. The Bertz CT molecular complexity index is 1620. The number of likely N-dealkylation sites (N-methyl/N-ethyl adjacent to an activating group) is 1. The van der Waals surface area contributed by atoms with Gasteiger partial charge in [-0.05, 0) is 112 Å². The van der Waals surface area contributed by atoms with Crippen LogP contribution < -0.4 is 0 Å². The second-order valence-corrected chi connectivity index (χ2v) is 13.5. The predicted molar refractivity (Wildman–Crippen MR) is 167 cm³/mol. The second-order valence-electron chi connectivity index (χ2n) is 13.5. The number of aromatic nitrogens is 4. The summed E-state index contributed by atoms with van der Waals surface area (Å²) in [5.41, 5.74) is 8.88. The summed E-state index contributed by atoms with van der Waals surface area (Å²) in [4.78, 5) is 34.6. The number of fused-ring (bicyclic) bond motifs is 2. The van der Waals surface area contributed by atoms with Gasteiger partial charge in [0.05, 0.1) is 12.2 Å². The number of pyridine rings is 1. The smallest absolute Gasteiger partial charge is 0.410 e. The van der Waals surface area contributed by atoms with Crippen LogP contribution in [0.2, 0.25) is 0 Å². The number of rotatable bonds is 7. The lowest BCUT2D eigenvalue weighted by atomic mass is 9.76. The van der Waals surface area contributed by atoms with Gasteiger partial charge >= 0.3 is 6.09 Å². The SMILES string of the molecule is Cc1c(-c2[nH]c3ccc(C4CCC(CC(=O)CN(C)C(=O)OC(C)(C)C)CC4)cc3c2C(C)C)cn2ncnc2c1C. The van der Waals surface area contributed by atoms with Crippen LogP contribution in [0, 0.1) is 19.8 Å². The van der Waals surface area contributed by atoms with Crippen LogP contribution in [-0.4, -0.2) is 55.6 Å². The Hall–Kier alpha value is -3.68. The molecule has 1 fully saturated rings. The molecular formula is C34H45N5O3. The molecule has 0 radical (unpaired) electrons. The average molecular weight is 572 g/mol. The van der Waals surface area contributed by atoms with Crippen LogP contribution in [0.15, 0.2) is 30.7 Å². The zero-order valence-corrected chi connectivity index (χ0v) is 26.4. The van der Waals surface area contributed by atoms with E-state index in [2.05, 4.69) is 67.2 Å². The first-order valence-electron chi connectivity index (χ1n) is 15.2. The molecular weight excluding hydrogens is 526 g/mol. The number of hydrogen-bond acceptors (Lipinski definition) is 5. The minimum absolute atomic E-state index is 0.0994. The normalized spacial score (nSPS) is 17.7. The molecule has 0 saturated heterocycles. The van der Waals surface area contributed by atoms with E-state index in [1.165, 1.54) is 27.0 Å². The number of H-pyrrole nitrogens is 1. The van der Waals surface area contributed by atoms with Crippen molar-refractivity contribution in [2.45, 2.75) is 98.0 Å². The van der Waals surface area contributed by atoms with E-state index >= 15 is 0 Å². The minimum Gasteiger partial charge on any atom is -0.444 e. The third kappa shape index (κ3) is 6.08. The van der Waals surface area contributed by atoms with Crippen molar-refractivity contribution in [2.75, 3.05) is 13.6 Å². The molecule has 1 aliphatic carbocycles. The van der Waals surface area contributed by atoms with Crippen LogP contribution in [0.4, 0.5) is 4.79 Å². The van der Waals surface area contributed by atoms with Gasteiger partial charge in [-0.1, -0.05) is 19.9 Å². The first-order valence-corrected chi connectivity index (χ1v) is 15.2. The molecule has 1 aliphatic rings. The summed E-state index contributed by atoms with van der Waals surface area (Å²) < 4.78 is 7.26. The van der Waals surface area contributed by atoms with Gasteiger partial charge in [0.2, 0.25) is 0 Å². The van der Waals surface area contributed by atoms with E-state index in [-0.39, 0.29) is 12.3 Å². The number of ketones is 1. The van der Waals surface area contributed by atoms with Crippen molar-refractivity contribution in [3.05, 3.63) is 53.0 Å². The van der Waals surface area contributed by atoms with Gasteiger partial charge in [0, 0.05) is 36.1 Å². The molecule has 1 amide bonds. The van der Waals surface area contributed by atoms with E-state index in [1.54, 1.807) is 13.4 Å². The Labute approximate surface area is 248 Å². The molecule has 0 unspecified atom stereocenters. The summed E-state index contributed by atoms with van der Waals surface area (Å²) >= 11 is 0. The average Bonchev–Trinajstić information content (AvgIpc) is 3.54. The third-order valence-electron chi connectivity index (χ3n) is 8.79. The molecule has 42 heavy (non-hydrogen) atoms. The van der Waals surface area contributed by atoms with Gasteiger partial charge in [-0.2, -0.15) is 5.10 Å². The highest BCUT2D eigenvalue weighted by Gasteiger charge is 2.27. The lowest BCUT2D eigenvalue weighted by Crippen LogP contribution is -2.37. The molecule has 3 aromatic heterocycles. The van der Waals surface area contributed by atoms with Gasteiger partial charge in [0.15, 0.2) is 11.4 Å². The topological polar surface area (TPSA) is 92.6 Å². The largest absolute Gasteiger partial charge is 0.444 e. The number of aromatic amines is 1. The van der Waals surface area contributed by atoms with E-state index in [9.17, 15) is 9.59 Å². The number of benzene rings is 1. The van der Waals surface area contributed by atoms with Crippen molar-refractivity contribution in [1.29, 1.82) is 0 Å². The minimum atomic E-state index is -0.571. The first kappa shape index (κ1) is 29.8. The summed E-state index contributed by atoms with van der Waals surface area (Å²) in [5.74, 6) is 1.30. The number of nitrogens with zero attached hydrogens (tertiary/aromatic N) is 4. The number of carbonyl (C=O) groups excluding carboxylic acids is 2. The Morgan fingerprint density at radius 3 is 2.50 bits per heavy atom. The summed E-state index contributed by atoms with van der Waals surface area (Å²) in [6.45, 7) is 14.4. The molecule has 0 spiro atoms. The summed E-state index contributed by atoms with van der Waals surface area (Å²) in [5, 5.41) is 5.70. The molecule has 1 aromatic carbocycles. The number of Topliss-reactive ketones (excluding diaryl/α,β-unsaturated/α-hetero) is 1. The van der Waals surface area contributed by atoms with Crippen molar-refractivity contribution < 1.29 is 14.3 Å². The van der Waals surface area contributed by atoms with Crippen molar-refractivity contribution in [2.24, 2.45) is 5.92 Å². The van der Waals surface area contributed by atoms with Gasteiger partial charge in [-0.15, -0.1) is 0 Å². The van der Waals surface area contributed by atoms with E-state index in [1.807, 2.05) is 25.3 Å². The monoisotopic (exact) mass is 571 g/mol. The van der Waals surface area contributed by atoms with Crippen LogP contribution in [0.1, 0.15) is 101 Å². The number of nitrogens with one attached hydrogen (secondary N) is 1. The summed E-state index contributed by atoms with van der Waals surface area (Å²) in [6.07, 6.45) is 7.96. The lowest BCUT2D eigenvalue weighted by molar-refractivity contribution is -0.121. The Morgan fingerprint density at radius 1 is 1.12 bits per heavy atom. The van der Waals surface area contributed by atoms with Crippen LogP contribution in [0.25, 0.3) is 27.8 Å². The molecule has 1 N–H and O–H groups in total. The van der Waals surface area contributed by atoms with E-state index in [0.717, 1.165) is 53.7 Å². The Kier molecular flexibility index (Phi) is 8.19. The molecule has 0 bridgehead atoms.